The fourth-order valence-electron chi connectivity index (χ4n) is 2.15. The van der Waals surface area contributed by atoms with E-state index in [2.05, 4.69) is 25.9 Å². The van der Waals surface area contributed by atoms with E-state index in [9.17, 15) is 4.79 Å². The van der Waals surface area contributed by atoms with Gasteiger partial charge < -0.3 is 16.0 Å². The lowest BCUT2D eigenvalue weighted by molar-refractivity contribution is 0.0954. The molecule has 0 saturated carbocycles. The number of thioether (sulfide) groups is 1. The Balaban J connectivity index is 1.68. The highest BCUT2D eigenvalue weighted by atomic mass is 35.5. The summed E-state index contributed by atoms with van der Waals surface area (Å²) >= 11 is 7.64. The van der Waals surface area contributed by atoms with Crippen molar-refractivity contribution in [1.29, 1.82) is 0 Å². The highest BCUT2D eigenvalue weighted by Crippen LogP contribution is 2.19. The molecular weight excluding hydrogens is 382 g/mol. The number of carbonyl (C=O) groups excluding carboxylic acids is 1. The molecule has 1 aromatic heterocycles. The van der Waals surface area contributed by atoms with E-state index in [-0.39, 0.29) is 5.91 Å². The molecule has 0 saturated heterocycles. The molecule has 0 aliphatic carbocycles. The second kappa shape index (κ2) is 12.2. The summed E-state index contributed by atoms with van der Waals surface area (Å²) in [7, 11) is 0. The maximum absolute atomic E-state index is 11.9. The van der Waals surface area contributed by atoms with Crippen molar-refractivity contribution in [2.24, 2.45) is 4.99 Å². The highest BCUT2D eigenvalue weighted by Gasteiger charge is 2.03. The summed E-state index contributed by atoms with van der Waals surface area (Å²) in [5.41, 5.74) is 0.547. The predicted octanol–water partition coefficient (Wildman–Crippen LogP) is 2.81. The molecule has 144 valence electrons. The minimum Gasteiger partial charge on any atom is -0.357 e. The summed E-state index contributed by atoms with van der Waals surface area (Å²) in [5.74, 6) is 1.50. The minimum atomic E-state index is -0.143. The molecule has 0 aliphatic rings. The van der Waals surface area contributed by atoms with Crippen LogP contribution in [0.5, 0.6) is 0 Å². The second-order valence-electron chi connectivity index (χ2n) is 5.49. The zero-order chi connectivity index (χ0) is 19.3. The number of guanidine groups is 1. The largest absolute Gasteiger partial charge is 0.357 e. The average molecular weight is 406 g/mol. The summed E-state index contributed by atoms with van der Waals surface area (Å²) in [6.45, 7) is 4.53. The van der Waals surface area contributed by atoms with Crippen molar-refractivity contribution in [3.63, 3.8) is 0 Å². The molecule has 8 heteroatoms. The Morgan fingerprint density at radius 2 is 1.96 bits per heavy atom. The Hall–Kier alpha value is -2.25. The van der Waals surface area contributed by atoms with Gasteiger partial charge in [0.2, 0.25) is 0 Å². The van der Waals surface area contributed by atoms with Gasteiger partial charge in [-0.1, -0.05) is 11.6 Å². The number of halogens is 1. The Morgan fingerprint density at radius 1 is 1.15 bits per heavy atom. The van der Waals surface area contributed by atoms with Crippen LogP contribution in [0.1, 0.15) is 17.3 Å². The van der Waals surface area contributed by atoms with Gasteiger partial charge in [-0.2, -0.15) is 0 Å². The van der Waals surface area contributed by atoms with Crippen molar-refractivity contribution in [3.8, 4) is 0 Å². The number of carbonyl (C=O) groups is 1. The molecular formula is C19H24ClN5OS. The number of hydrogen-bond acceptors (Lipinski definition) is 4. The normalized spacial score (nSPS) is 11.1. The van der Waals surface area contributed by atoms with Crippen LogP contribution in [0, 0.1) is 0 Å². The molecule has 2 aromatic rings. The van der Waals surface area contributed by atoms with Crippen LogP contribution >= 0.6 is 23.4 Å². The van der Waals surface area contributed by atoms with Crippen LogP contribution in [0.4, 0.5) is 0 Å². The molecule has 1 aromatic carbocycles. The average Bonchev–Trinajstić information content (AvgIpc) is 2.70. The molecule has 3 N–H and O–H groups in total. The van der Waals surface area contributed by atoms with E-state index < -0.39 is 0 Å². The van der Waals surface area contributed by atoms with Crippen LogP contribution in [0.15, 0.2) is 58.7 Å². The SMILES string of the molecule is CCNC(=NCCNC(=O)c1cccnc1)NCCSc1ccc(Cl)cc1. The third kappa shape index (κ3) is 8.32. The molecule has 0 aliphatic heterocycles. The number of aliphatic imine (C=N–C) groups is 1. The van der Waals surface area contributed by atoms with Crippen LogP contribution in [-0.2, 0) is 0 Å². The van der Waals surface area contributed by atoms with Gasteiger partial charge >= 0.3 is 0 Å². The maximum Gasteiger partial charge on any atom is 0.252 e. The first-order valence-corrected chi connectivity index (χ1v) is 10.1. The molecule has 1 amide bonds. The van der Waals surface area contributed by atoms with Crippen LogP contribution in [0.2, 0.25) is 5.02 Å². The lowest BCUT2D eigenvalue weighted by Crippen LogP contribution is -2.39. The quantitative estimate of drug-likeness (QED) is 0.259. The Morgan fingerprint density at radius 3 is 2.67 bits per heavy atom. The molecule has 0 radical (unpaired) electrons. The van der Waals surface area contributed by atoms with Crippen LogP contribution in [0.25, 0.3) is 0 Å². The van der Waals surface area contributed by atoms with E-state index in [4.69, 9.17) is 11.6 Å². The smallest absolute Gasteiger partial charge is 0.252 e. The first-order valence-electron chi connectivity index (χ1n) is 8.78. The first kappa shape index (κ1) is 21.1. The summed E-state index contributed by atoms with van der Waals surface area (Å²) in [6.07, 6.45) is 3.18. The van der Waals surface area contributed by atoms with Crippen molar-refractivity contribution in [2.45, 2.75) is 11.8 Å². The van der Waals surface area contributed by atoms with Crippen molar-refractivity contribution < 1.29 is 4.79 Å². The molecule has 0 unspecified atom stereocenters. The van der Waals surface area contributed by atoms with Crippen LogP contribution in [0.3, 0.4) is 0 Å². The Kier molecular flexibility index (Phi) is 9.51. The maximum atomic E-state index is 11.9. The molecule has 6 nitrogen and oxygen atoms in total. The van der Waals surface area contributed by atoms with Crippen molar-refractivity contribution in [2.75, 3.05) is 31.9 Å². The first-order chi connectivity index (χ1) is 13.2. The topological polar surface area (TPSA) is 78.4 Å². The van der Waals surface area contributed by atoms with Crippen LogP contribution in [-0.4, -0.2) is 48.8 Å². The lowest BCUT2D eigenvalue weighted by Gasteiger charge is -2.11. The molecule has 0 fully saturated rings. The predicted molar refractivity (Wildman–Crippen MR) is 113 cm³/mol. The van der Waals surface area contributed by atoms with E-state index in [1.54, 1.807) is 36.3 Å². The highest BCUT2D eigenvalue weighted by molar-refractivity contribution is 7.99. The standard InChI is InChI=1S/C19H24ClN5OS/c1-2-22-19(25-12-13-27-17-7-5-16(20)6-8-17)24-11-10-23-18(26)15-4-3-9-21-14-15/h3-9,14H,2,10-13H2,1H3,(H,23,26)(H2,22,24,25). The van der Waals surface area contributed by atoms with E-state index in [0.29, 0.717) is 18.7 Å². The Bertz CT molecular complexity index is 725. The van der Waals surface area contributed by atoms with Gasteiger partial charge in [-0.25, -0.2) is 0 Å². The van der Waals surface area contributed by atoms with E-state index in [0.717, 1.165) is 29.8 Å². The second-order valence-corrected chi connectivity index (χ2v) is 7.09. The number of pyridine rings is 1. The lowest BCUT2D eigenvalue weighted by atomic mass is 10.3. The van der Waals surface area contributed by atoms with Gasteiger partial charge in [0.1, 0.15) is 0 Å². The van der Waals surface area contributed by atoms with Gasteiger partial charge in [0.15, 0.2) is 5.96 Å². The van der Waals surface area contributed by atoms with Gasteiger partial charge in [0.25, 0.3) is 5.91 Å². The van der Waals surface area contributed by atoms with Gasteiger partial charge in [0, 0.05) is 47.7 Å². The number of aromatic nitrogens is 1. The number of benzene rings is 1. The third-order valence-electron chi connectivity index (χ3n) is 3.41. The molecule has 0 bridgehead atoms. The number of rotatable bonds is 9. The summed E-state index contributed by atoms with van der Waals surface area (Å²) < 4.78 is 0. The van der Waals surface area contributed by atoms with Gasteiger partial charge in [0.05, 0.1) is 12.1 Å². The summed E-state index contributed by atoms with van der Waals surface area (Å²) in [5, 5.41) is 10.1. The van der Waals surface area contributed by atoms with Crippen molar-refractivity contribution >= 4 is 35.2 Å². The molecule has 27 heavy (non-hydrogen) atoms. The zero-order valence-corrected chi connectivity index (χ0v) is 16.8. The number of nitrogens with one attached hydrogen (secondary N) is 3. The summed E-state index contributed by atoms with van der Waals surface area (Å²) in [6, 6.07) is 11.3. The van der Waals surface area contributed by atoms with Gasteiger partial charge in [-0.3, -0.25) is 14.8 Å². The molecule has 0 spiro atoms. The summed E-state index contributed by atoms with van der Waals surface area (Å²) in [4.78, 5) is 21.5. The fraction of sp³-hybridized carbons (Fsp3) is 0.316. The fourth-order valence-corrected chi connectivity index (χ4v) is 3.04. The number of amides is 1. The van der Waals surface area contributed by atoms with Crippen molar-refractivity contribution in [1.82, 2.24) is 20.9 Å². The zero-order valence-electron chi connectivity index (χ0n) is 15.2. The molecule has 1 heterocycles. The van der Waals surface area contributed by atoms with Gasteiger partial charge in [-0.05, 0) is 43.3 Å². The third-order valence-corrected chi connectivity index (χ3v) is 4.68. The Labute approximate surface area is 169 Å². The number of hydrogen-bond donors (Lipinski definition) is 3. The van der Waals surface area contributed by atoms with Crippen LogP contribution < -0.4 is 16.0 Å². The van der Waals surface area contributed by atoms with E-state index in [1.807, 2.05) is 31.2 Å². The van der Waals surface area contributed by atoms with Gasteiger partial charge in [-0.15, -0.1) is 11.8 Å². The monoisotopic (exact) mass is 405 g/mol. The molecule has 2 rings (SSSR count). The minimum absolute atomic E-state index is 0.143. The van der Waals surface area contributed by atoms with E-state index >= 15 is 0 Å². The van der Waals surface area contributed by atoms with Crippen molar-refractivity contribution in [3.05, 3.63) is 59.4 Å². The number of nitrogens with zero attached hydrogens (tertiary/aromatic N) is 2. The van der Waals surface area contributed by atoms with E-state index in [1.165, 1.54) is 4.90 Å². The molecule has 0 atom stereocenters.